The summed E-state index contributed by atoms with van der Waals surface area (Å²) in [4.78, 5) is 15.8. The summed E-state index contributed by atoms with van der Waals surface area (Å²) in [6.45, 7) is 7.25. The van der Waals surface area contributed by atoms with Gasteiger partial charge in [0.2, 0.25) is 11.8 Å². The molecule has 0 saturated carbocycles. The number of nitrogens with one attached hydrogen (secondary N) is 1. The fourth-order valence-electron chi connectivity index (χ4n) is 1.22. The van der Waals surface area contributed by atoms with Gasteiger partial charge in [-0.15, -0.1) is 0 Å². The van der Waals surface area contributed by atoms with Crippen LogP contribution < -0.4 is 11.1 Å². The Kier molecular flexibility index (Phi) is 4.06. The number of carbonyl (C=O) groups excluding carboxylic acids is 1. The molecule has 1 aromatic heterocycles. The highest BCUT2D eigenvalue weighted by molar-refractivity contribution is 5.79. The molecule has 0 spiro atoms. The number of aromatic nitrogens is 1. The van der Waals surface area contributed by atoms with E-state index in [0.717, 1.165) is 5.76 Å². The first kappa shape index (κ1) is 12.7. The first-order valence-corrected chi connectivity index (χ1v) is 5.40. The minimum absolute atomic E-state index is 0.0849. The predicted octanol–water partition coefficient (Wildman–Crippen LogP) is 1.14. The van der Waals surface area contributed by atoms with E-state index in [1.807, 2.05) is 20.8 Å². The third-order valence-electron chi connectivity index (χ3n) is 2.57. The van der Waals surface area contributed by atoms with Gasteiger partial charge in [0.15, 0.2) is 0 Å². The highest BCUT2D eigenvalue weighted by Gasteiger charge is 2.21. The van der Waals surface area contributed by atoms with Crippen LogP contribution in [0.25, 0.3) is 0 Å². The second-order valence-electron chi connectivity index (χ2n) is 4.19. The smallest absolute Gasteiger partial charge is 0.225 e. The predicted molar refractivity (Wildman–Crippen MR) is 60.6 cm³/mol. The van der Waals surface area contributed by atoms with E-state index in [9.17, 15) is 4.79 Å². The van der Waals surface area contributed by atoms with Crippen molar-refractivity contribution >= 4 is 5.91 Å². The Bertz CT molecular complexity index is 360. The van der Waals surface area contributed by atoms with Crippen molar-refractivity contribution in [3.05, 3.63) is 17.8 Å². The number of rotatable bonds is 4. The molecule has 0 radical (unpaired) electrons. The van der Waals surface area contributed by atoms with Gasteiger partial charge in [0, 0.05) is 12.0 Å². The fraction of sp³-hybridized carbons (Fsp3) is 0.636. The number of hydrogen-bond acceptors (Lipinski definition) is 4. The zero-order valence-corrected chi connectivity index (χ0v) is 10.2. The third-order valence-corrected chi connectivity index (χ3v) is 2.57. The minimum atomic E-state index is -0.234. The molecule has 1 amide bonds. The normalized spacial score (nSPS) is 16.6. The lowest BCUT2D eigenvalue weighted by Gasteiger charge is -2.17. The largest absolute Gasteiger partial charge is 0.444 e. The first-order valence-electron chi connectivity index (χ1n) is 5.40. The Balaban J connectivity index is 2.58. The summed E-state index contributed by atoms with van der Waals surface area (Å²) in [5.74, 6) is 0.941. The summed E-state index contributed by atoms with van der Waals surface area (Å²) in [6, 6.07) is -0.402. The van der Waals surface area contributed by atoms with Gasteiger partial charge in [-0.25, -0.2) is 4.98 Å². The number of oxazole rings is 1. The van der Waals surface area contributed by atoms with E-state index in [-0.39, 0.29) is 23.9 Å². The Morgan fingerprint density at radius 3 is 2.56 bits per heavy atom. The van der Waals surface area contributed by atoms with Crippen LogP contribution in [0.5, 0.6) is 0 Å². The Morgan fingerprint density at radius 1 is 1.50 bits per heavy atom. The molecule has 3 unspecified atom stereocenters. The van der Waals surface area contributed by atoms with Crippen molar-refractivity contribution < 1.29 is 9.21 Å². The van der Waals surface area contributed by atoms with Crippen molar-refractivity contribution in [2.45, 2.75) is 39.8 Å². The zero-order chi connectivity index (χ0) is 12.3. The molecular formula is C11H19N3O2. The third kappa shape index (κ3) is 3.06. The number of carbonyl (C=O) groups is 1. The number of hydrogen-bond donors (Lipinski definition) is 2. The van der Waals surface area contributed by atoms with E-state index in [1.54, 1.807) is 13.1 Å². The highest BCUT2D eigenvalue weighted by atomic mass is 16.4. The first-order chi connectivity index (χ1) is 7.41. The molecule has 1 rings (SSSR count). The van der Waals surface area contributed by atoms with E-state index < -0.39 is 0 Å². The van der Waals surface area contributed by atoms with Crippen LogP contribution in [-0.2, 0) is 4.79 Å². The number of aryl methyl sites for hydroxylation is 1. The number of nitrogens with zero attached hydrogens (tertiary/aromatic N) is 1. The van der Waals surface area contributed by atoms with Crippen molar-refractivity contribution in [3.8, 4) is 0 Å². The van der Waals surface area contributed by atoms with Crippen molar-refractivity contribution in [2.75, 3.05) is 0 Å². The maximum atomic E-state index is 11.7. The summed E-state index contributed by atoms with van der Waals surface area (Å²) >= 11 is 0. The second-order valence-corrected chi connectivity index (χ2v) is 4.19. The van der Waals surface area contributed by atoms with E-state index in [2.05, 4.69) is 10.3 Å². The molecule has 0 fully saturated rings. The summed E-state index contributed by atoms with van der Waals surface area (Å²) in [5, 5.41) is 2.82. The van der Waals surface area contributed by atoms with Crippen LogP contribution in [0.1, 0.15) is 38.5 Å². The van der Waals surface area contributed by atoms with Gasteiger partial charge >= 0.3 is 0 Å². The number of nitrogens with two attached hydrogens (primary N) is 1. The quantitative estimate of drug-likeness (QED) is 0.805. The zero-order valence-electron chi connectivity index (χ0n) is 10.2. The van der Waals surface area contributed by atoms with Crippen molar-refractivity contribution in [2.24, 2.45) is 11.7 Å². The average Bonchev–Trinajstić information content (AvgIpc) is 2.63. The molecule has 90 valence electrons. The molecule has 0 saturated heterocycles. The number of amides is 1. The molecule has 5 heteroatoms. The van der Waals surface area contributed by atoms with Gasteiger partial charge in [-0.2, -0.15) is 0 Å². The van der Waals surface area contributed by atoms with Crippen LogP contribution in [0.4, 0.5) is 0 Å². The van der Waals surface area contributed by atoms with E-state index in [0.29, 0.717) is 5.89 Å². The molecule has 0 aromatic carbocycles. The van der Waals surface area contributed by atoms with Crippen LogP contribution in [0.2, 0.25) is 0 Å². The second kappa shape index (κ2) is 5.12. The summed E-state index contributed by atoms with van der Waals surface area (Å²) in [6.07, 6.45) is 1.63. The van der Waals surface area contributed by atoms with Crippen LogP contribution >= 0.6 is 0 Å². The van der Waals surface area contributed by atoms with Crippen LogP contribution in [-0.4, -0.2) is 16.9 Å². The molecule has 1 heterocycles. The van der Waals surface area contributed by atoms with Crippen LogP contribution in [0.15, 0.2) is 10.6 Å². The van der Waals surface area contributed by atoms with Gasteiger partial charge in [-0.05, 0) is 20.8 Å². The molecule has 0 bridgehead atoms. The highest BCUT2D eigenvalue weighted by Crippen LogP contribution is 2.13. The molecule has 0 aliphatic heterocycles. The van der Waals surface area contributed by atoms with Crippen LogP contribution in [0.3, 0.4) is 0 Å². The molecule has 5 nitrogen and oxygen atoms in total. The van der Waals surface area contributed by atoms with Gasteiger partial charge in [-0.1, -0.05) is 6.92 Å². The van der Waals surface area contributed by atoms with Crippen molar-refractivity contribution in [1.82, 2.24) is 10.3 Å². The van der Waals surface area contributed by atoms with Crippen LogP contribution in [0, 0.1) is 12.8 Å². The molecular weight excluding hydrogens is 206 g/mol. The summed E-state index contributed by atoms with van der Waals surface area (Å²) in [7, 11) is 0. The van der Waals surface area contributed by atoms with Gasteiger partial charge in [0.1, 0.15) is 11.8 Å². The molecule has 3 N–H and O–H groups in total. The monoisotopic (exact) mass is 225 g/mol. The van der Waals surface area contributed by atoms with Gasteiger partial charge in [0.25, 0.3) is 0 Å². The Morgan fingerprint density at radius 2 is 2.12 bits per heavy atom. The summed E-state index contributed by atoms with van der Waals surface area (Å²) in [5.41, 5.74) is 5.66. The maximum Gasteiger partial charge on any atom is 0.225 e. The van der Waals surface area contributed by atoms with E-state index in [4.69, 9.17) is 10.2 Å². The van der Waals surface area contributed by atoms with Gasteiger partial charge < -0.3 is 15.5 Å². The topological polar surface area (TPSA) is 81.2 Å². The standard InChI is InChI=1S/C11H19N3O2/c1-6-5-13-11(16-6)9(4)14-10(15)7(2)8(3)12/h5,7-9H,12H2,1-4H3,(H,14,15). The molecule has 0 aliphatic rings. The molecule has 0 aliphatic carbocycles. The Labute approximate surface area is 95.4 Å². The molecule has 1 aromatic rings. The lowest BCUT2D eigenvalue weighted by molar-refractivity contribution is -0.125. The average molecular weight is 225 g/mol. The minimum Gasteiger partial charge on any atom is -0.444 e. The Hall–Kier alpha value is -1.36. The van der Waals surface area contributed by atoms with Crippen molar-refractivity contribution in [1.29, 1.82) is 0 Å². The summed E-state index contributed by atoms with van der Waals surface area (Å²) < 4.78 is 5.33. The fourth-order valence-corrected chi connectivity index (χ4v) is 1.22. The SMILES string of the molecule is Cc1cnc(C(C)NC(=O)C(C)C(C)N)o1. The molecule has 16 heavy (non-hydrogen) atoms. The van der Waals surface area contributed by atoms with Gasteiger partial charge in [0.05, 0.1) is 6.20 Å². The lowest BCUT2D eigenvalue weighted by atomic mass is 10.0. The van der Waals surface area contributed by atoms with E-state index >= 15 is 0 Å². The van der Waals surface area contributed by atoms with Gasteiger partial charge in [-0.3, -0.25) is 4.79 Å². The lowest BCUT2D eigenvalue weighted by Crippen LogP contribution is -2.39. The van der Waals surface area contributed by atoms with Crippen molar-refractivity contribution in [3.63, 3.8) is 0 Å². The maximum absolute atomic E-state index is 11.7. The molecule has 3 atom stereocenters. The van der Waals surface area contributed by atoms with E-state index in [1.165, 1.54) is 0 Å².